The predicted octanol–water partition coefficient (Wildman–Crippen LogP) is 2.97. The Labute approximate surface area is 155 Å². The van der Waals surface area contributed by atoms with Crippen LogP contribution in [0, 0.1) is 0 Å². The molecule has 0 unspecified atom stereocenters. The topological polar surface area (TPSA) is 77.1 Å². The molecule has 6 nitrogen and oxygen atoms in total. The number of hydrogen-bond donors (Lipinski definition) is 1. The minimum Gasteiger partial charge on any atom is -0.459 e. The lowest BCUT2D eigenvalue weighted by Crippen LogP contribution is -2.33. The van der Waals surface area contributed by atoms with E-state index in [4.69, 9.17) is 4.42 Å². The van der Waals surface area contributed by atoms with Crippen LogP contribution in [-0.2, 0) is 17.9 Å². The first-order valence-corrected chi connectivity index (χ1v) is 8.57. The second-order valence-corrected chi connectivity index (χ2v) is 6.11. The van der Waals surface area contributed by atoms with Crippen molar-refractivity contribution >= 4 is 16.9 Å². The van der Waals surface area contributed by atoms with Crippen LogP contribution in [0.2, 0.25) is 0 Å². The van der Waals surface area contributed by atoms with E-state index in [1.165, 1.54) is 6.07 Å². The highest BCUT2D eigenvalue weighted by molar-refractivity contribution is 5.78. The second-order valence-electron chi connectivity index (χ2n) is 6.11. The van der Waals surface area contributed by atoms with Crippen molar-refractivity contribution in [3.8, 4) is 11.3 Å². The predicted molar refractivity (Wildman–Crippen MR) is 102 cm³/mol. The van der Waals surface area contributed by atoms with Crippen molar-refractivity contribution in [1.29, 1.82) is 0 Å². The number of nitrogens with zero attached hydrogens (tertiary/aromatic N) is 2. The molecule has 1 amide bonds. The lowest BCUT2D eigenvalue weighted by atomic mass is 10.1. The molecule has 0 aliphatic carbocycles. The van der Waals surface area contributed by atoms with Gasteiger partial charge in [0.25, 0.3) is 5.56 Å². The molecule has 0 bridgehead atoms. The molecule has 0 saturated carbocycles. The first-order chi connectivity index (χ1) is 13.2. The second kappa shape index (κ2) is 7.29. The van der Waals surface area contributed by atoms with Gasteiger partial charge in [0.2, 0.25) is 5.91 Å². The van der Waals surface area contributed by atoms with E-state index in [1.807, 2.05) is 60.7 Å². The van der Waals surface area contributed by atoms with Gasteiger partial charge in [0.1, 0.15) is 17.9 Å². The summed E-state index contributed by atoms with van der Waals surface area (Å²) in [5.41, 5.74) is 1.97. The lowest BCUT2D eigenvalue weighted by Gasteiger charge is -2.07. The Kier molecular flexibility index (Phi) is 4.53. The molecule has 1 N–H and O–H groups in total. The Morgan fingerprint density at radius 1 is 1.00 bits per heavy atom. The summed E-state index contributed by atoms with van der Waals surface area (Å²) in [5, 5.41) is 8.04. The van der Waals surface area contributed by atoms with Crippen molar-refractivity contribution in [3.05, 3.63) is 88.9 Å². The van der Waals surface area contributed by atoms with Gasteiger partial charge in [0, 0.05) is 17.0 Å². The number of carbonyl (C=O) groups excluding carboxylic acids is 1. The number of carbonyl (C=O) groups is 1. The summed E-state index contributed by atoms with van der Waals surface area (Å²) in [6.45, 7) is 0.0976. The van der Waals surface area contributed by atoms with E-state index in [0.717, 1.165) is 21.2 Å². The quantitative estimate of drug-likeness (QED) is 0.594. The minimum absolute atomic E-state index is 0.153. The summed E-state index contributed by atoms with van der Waals surface area (Å²) in [6.07, 6.45) is 0. The van der Waals surface area contributed by atoms with Crippen molar-refractivity contribution < 1.29 is 9.21 Å². The number of amides is 1. The molecule has 6 heteroatoms. The van der Waals surface area contributed by atoms with E-state index < -0.39 is 0 Å². The molecule has 0 spiro atoms. The highest BCUT2D eigenvalue weighted by Gasteiger charge is 2.09. The van der Waals surface area contributed by atoms with E-state index >= 15 is 0 Å². The van der Waals surface area contributed by atoms with E-state index in [-0.39, 0.29) is 24.6 Å². The summed E-state index contributed by atoms with van der Waals surface area (Å²) in [4.78, 5) is 24.3. The van der Waals surface area contributed by atoms with Gasteiger partial charge in [-0.25, -0.2) is 4.68 Å². The third-order valence-electron chi connectivity index (χ3n) is 4.17. The Morgan fingerprint density at radius 3 is 2.59 bits per heavy atom. The van der Waals surface area contributed by atoms with Crippen LogP contribution >= 0.6 is 0 Å². The molecule has 0 saturated heterocycles. The summed E-state index contributed by atoms with van der Waals surface area (Å²) < 4.78 is 6.83. The van der Waals surface area contributed by atoms with Gasteiger partial charge in [-0.2, -0.15) is 5.10 Å². The smallest absolute Gasteiger partial charge is 0.267 e. The monoisotopic (exact) mass is 359 g/mol. The van der Waals surface area contributed by atoms with Crippen LogP contribution in [-0.4, -0.2) is 15.7 Å². The molecule has 2 aromatic heterocycles. The average Bonchev–Trinajstić information content (AvgIpc) is 3.12. The first-order valence-electron chi connectivity index (χ1n) is 8.57. The van der Waals surface area contributed by atoms with Crippen LogP contribution in [0.1, 0.15) is 5.76 Å². The molecule has 2 heterocycles. The summed E-state index contributed by atoms with van der Waals surface area (Å²) in [6, 6.07) is 22.1. The van der Waals surface area contributed by atoms with E-state index in [9.17, 15) is 9.59 Å². The van der Waals surface area contributed by atoms with Gasteiger partial charge in [0.05, 0.1) is 12.2 Å². The number of hydrogen-bond acceptors (Lipinski definition) is 4. The van der Waals surface area contributed by atoms with Crippen LogP contribution < -0.4 is 10.9 Å². The maximum absolute atomic E-state index is 12.2. The third kappa shape index (κ3) is 3.79. The van der Waals surface area contributed by atoms with Crippen molar-refractivity contribution in [2.24, 2.45) is 0 Å². The lowest BCUT2D eigenvalue weighted by molar-refractivity contribution is -0.122. The Balaban J connectivity index is 1.45. The maximum Gasteiger partial charge on any atom is 0.267 e. The van der Waals surface area contributed by atoms with Gasteiger partial charge in [-0.1, -0.05) is 48.5 Å². The zero-order chi connectivity index (χ0) is 18.6. The van der Waals surface area contributed by atoms with Crippen LogP contribution in [0.4, 0.5) is 0 Å². The number of para-hydroxylation sites is 1. The Bertz CT molecular complexity index is 1110. The van der Waals surface area contributed by atoms with Gasteiger partial charge in [-0.3, -0.25) is 9.59 Å². The highest BCUT2D eigenvalue weighted by Crippen LogP contribution is 2.18. The van der Waals surface area contributed by atoms with Crippen LogP contribution in [0.5, 0.6) is 0 Å². The van der Waals surface area contributed by atoms with Crippen molar-refractivity contribution in [2.45, 2.75) is 13.1 Å². The molecule has 134 valence electrons. The molecule has 0 radical (unpaired) electrons. The molecule has 4 aromatic rings. The molecule has 0 aliphatic heterocycles. The fourth-order valence-corrected chi connectivity index (χ4v) is 2.83. The molecule has 4 rings (SSSR count). The van der Waals surface area contributed by atoms with E-state index in [2.05, 4.69) is 10.4 Å². The molecule has 0 aliphatic rings. The van der Waals surface area contributed by atoms with E-state index in [0.29, 0.717) is 11.5 Å². The van der Waals surface area contributed by atoms with Gasteiger partial charge in [-0.05, 0) is 18.2 Å². The largest absolute Gasteiger partial charge is 0.459 e. The van der Waals surface area contributed by atoms with Gasteiger partial charge < -0.3 is 9.73 Å². The van der Waals surface area contributed by atoms with E-state index in [1.54, 1.807) is 6.07 Å². The third-order valence-corrected chi connectivity index (χ3v) is 4.17. The number of benzene rings is 2. The first kappa shape index (κ1) is 16.8. The zero-order valence-corrected chi connectivity index (χ0v) is 14.5. The Hall–Kier alpha value is -3.67. The standard InChI is InChI=1S/C21H17N3O3/c25-20(22-13-17-12-16-8-4-5-9-19(16)27-17)14-24-21(26)11-10-18(23-24)15-6-2-1-3-7-15/h1-12H,13-14H2,(H,22,25). The number of aromatic nitrogens is 2. The number of rotatable bonds is 5. The van der Waals surface area contributed by atoms with Crippen molar-refractivity contribution in [2.75, 3.05) is 0 Å². The maximum atomic E-state index is 12.2. The number of furan rings is 1. The van der Waals surface area contributed by atoms with Crippen LogP contribution in [0.25, 0.3) is 22.2 Å². The van der Waals surface area contributed by atoms with Crippen LogP contribution in [0.3, 0.4) is 0 Å². The van der Waals surface area contributed by atoms with Gasteiger partial charge >= 0.3 is 0 Å². The average molecular weight is 359 g/mol. The highest BCUT2D eigenvalue weighted by atomic mass is 16.3. The molecular formula is C21H17N3O3. The summed E-state index contributed by atoms with van der Waals surface area (Å²) in [5.74, 6) is 0.346. The van der Waals surface area contributed by atoms with Crippen molar-refractivity contribution in [1.82, 2.24) is 15.1 Å². The molecule has 0 atom stereocenters. The molecule has 0 fully saturated rings. The molecule has 2 aromatic carbocycles. The minimum atomic E-state index is -0.325. The summed E-state index contributed by atoms with van der Waals surface area (Å²) >= 11 is 0. The molecular weight excluding hydrogens is 342 g/mol. The number of nitrogens with one attached hydrogen (secondary N) is 1. The zero-order valence-electron chi connectivity index (χ0n) is 14.5. The van der Waals surface area contributed by atoms with Gasteiger partial charge in [-0.15, -0.1) is 0 Å². The Morgan fingerprint density at radius 2 is 1.78 bits per heavy atom. The fourth-order valence-electron chi connectivity index (χ4n) is 2.83. The van der Waals surface area contributed by atoms with Crippen LogP contribution in [0.15, 0.2) is 82.0 Å². The SMILES string of the molecule is O=C(Cn1nc(-c2ccccc2)ccc1=O)NCc1cc2ccccc2o1. The fraction of sp³-hybridized carbons (Fsp3) is 0.0952. The van der Waals surface area contributed by atoms with Crippen molar-refractivity contribution in [3.63, 3.8) is 0 Å². The normalized spacial score (nSPS) is 10.8. The summed E-state index contributed by atoms with van der Waals surface area (Å²) in [7, 11) is 0. The van der Waals surface area contributed by atoms with Gasteiger partial charge in [0.15, 0.2) is 0 Å². The number of fused-ring (bicyclic) bond motifs is 1. The molecule has 27 heavy (non-hydrogen) atoms.